The lowest BCUT2D eigenvalue weighted by molar-refractivity contribution is -0.149. The van der Waals surface area contributed by atoms with E-state index in [0.717, 1.165) is 17.1 Å². The SMILES string of the molecule is CCCCSCCN(CCOc1ccc(CC(OCC)C(=O)O)cc1)C(=O)OCC. The number of thioether (sulfide) groups is 1. The van der Waals surface area contributed by atoms with Crippen molar-refractivity contribution in [1.29, 1.82) is 0 Å². The Morgan fingerprint density at radius 1 is 1.07 bits per heavy atom. The van der Waals surface area contributed by atoms with Crippen molar-refractivity contribution in [3.63, 3.8) is 0 Å². The fourth-order valence-electron chi connectivity index (χ4n) is 2.66. The molecular formula is C22H35NO6S. The van der Waals surface area contributed by atoms with Gasteiger partial charge in [-0.05, 0) is 43.7 Å². The van der Waals surface area contributed by atoms with Crippen LogP contribution in [0, 0.1) is 0 Å². The minimum Gasteiger partial charge on any atom is -0.492 e. The van der Waals surface area contributed by atoms with Crippen LogP contribution in [-0.2, 0) is 20.7 Å². The summed E-state index contributed by atoms with van der Waals surface area (Å²) >= 11 is 1.84. The molecule has 0 saturated carbocycles. The van der Waals surface area contributed by atoms with E-state index in [9.17, 15) is 14.7 Å². The van der Waals surface area contributed by atoms with Crippen LogP contribution in [-0.4, -0.2) is 72.6 Å². The Hall–Kier alpha value is -1.93. The fourth-order valence-corrected chi connectivity index (χ4v) is 3.71. The number of benzene rings is 1. The molecule has 0 radical (unpaired) electrons. The highest BCUT2D eigenvalue weighted by atomic mass is 32.2. The van der Waals surface area contributed by atoms with Gasteiger partial charge in [-0.3, -0.25) is 0 Å². The predicted molar refractivity (Wildman–Crippen MR) is 120 cm³/mol. The minimum absolute atomic E-state index is 0.301. The Kier molecular flexibility index (Phi) is 13.8. The predicted octanol–water partition coefficient (Wildman–Crippen LogP) is 4.09. The van der Waals surface area contributed by atoms with Crippen LogP contribution in [0.5, 0.6) is 5.75 Å². The zero-order chi connectivity index (χ0) is 22.2. The third-order valence-corrected chi connectivity index (χ3v) is 5.34. The van der Waals surface area contributed by atoms with Gasteiger partial charge in [0, 0.05) is 25.3 Å². The molecule has 1 atom stereocenters. The number of amides is 1. The van der Waals surface area contributed by atoms with Gasteiger partial charge in [0.1, 0.15) is 12.4 Å². The number of rotatable bonds is 16. The van der Waals surface area contributed by atoms with Crippen molar-refractivity contribution in [3.05, 3.63) is 29.8 Å². The van der Waals surface area contributed by atoms with Crippen molar-refractivity contribution in [2.75, 3.05) is 44.4 Å². The molecule has 30 heavy (non-hydrogen) atoms. The summed E-state index contributed by atoms with van der Waals surface area (Å²) in [4.78, 5) is 25.0. The summed E-state index contributed by atoms with van der Waals surface area (Å²) in [6.45, 7) is 7.87. The number of hydrogen-bond donors (Lipinski definition) is 1. The Morgan fingerprint density at radius 2 is 1.80 bits per heavy atom. The molecule has 0 heterocycles. The van der Waals surface area contributed by atoms with E-state index in [1.165, 1.54) is 12.8 Å². The van der Waals surface area contributed by atoms with Crippen molar-refractivity contribution in [1.82, 2.24) is 4.90 Å². The third-order valence-electron chi connectivity index (χ3n) is 4.29. The number of ether oxygens (including phenoxy) is 3. The molecule has 0 aliphatic heterocycles. The van der Waals surface area contributed by atoms with Crippen molar-refractivity contribution in [3.8, 4) is 5.75 Å². The molecule has 0 bridgehead atoms. The number of aliphatic carboxylic acids is 1. The second kappa shape index (κ2) is 15.8. The number of nitrogens with zero attached hydrogens (tertiary/aromatic N) is 1. The Labute approximate surface area is 184 Å². The number of hydrogen-bond acceptors (Lipinski definition) is 6. The van der Waals surface area contributed by atoms with Crippen LogP contribution >= 0.6 is 11.8 Å². The van der Waals surface area contributed by atoms with Gasteiger partial charge in [0.25, 0.3) is 0 Å². The maximum absolute atomic E-state index is 12.1. The second-order valence-electron chi connectivity index (χ2n) is 6.63. The van der Waals surface area contributed by atoms with Crippen LogP contribution in [0.3, 0.4) is 0 Å². The zero-order valence-electron chi connectivity index (χ0n) is 18.3. The van der Waals surface area contributed by atoms with Crippen LogP contribution in [0.2, 0.25) is 0 Å². The Balaban J connectivity index is 2.48. The summed E-state index contributed by atoms with van der Waals surface area (Å²) in [6, 6.07) is 7.26. The minimum atomic E-state index is -0.968. The van der Waals surface area contributed by atoms with Crippen LogP contribution in [0.1, 0.15) is 39.2 Å². The molecule has 7 nitrogen and oxygen atoms in total. The van der Waals surface area contributed by atoms with Gasteiger partial charge in [-0.15, -0.1) is 0 Å². The molecule has 1 amide bonds. The average molecular weight is 442 g/mol. The smallest absolute Gasteiger partial charge is 0.409 e. The van der Waals surface area contributed by atoms with Crippen LogP contribution in [0.15, 0.2) is 24.3 Å². The third kappa shape index (κ3) is 10.7. The molecule has 8 heteroatoms. The maximum Gasteiger partial charge on any atom is 0.409 e. The van der Waals surface area contributed by atoms with E-state index < -0.39 is 12.1 Å². The van der Waals surface area contributed by atoms with E-state index in [4.69, 9.17) is 14.2 Å². The van der Waals surface area contributed by atoms with Gasteiger partial charge in [-0.1, -0.05) is 25.5 Å². The van der Waals surface area contributed by atoms with Gasteiger partial charge in [0.2, 0.25) is 0 Å². The molecule has 1 aromatic carbocycles. The first kappa shape index (κ1) is 26.1. The number of unbranched alkanes of at least 4 members (excludes halogenated alkanes) is 1. The van der Waals surface area contributed by atoms with Gasteiger partial charge in [0.05, 0.1) is 13.2 Å². The molecule has 1 aromatic rings. The molecular weight excluding hydrogens is 406 g/mol. The van der Waals surface area contributed by atoms with E-state index in [0.29, 0.717) is 45.1 Å². The first-order valence-corrected chi connectivity index (χ1v) is 11.7. The van der Waals surface area contributed by atoms with Gasteiger partial charge < -0.3 is 24.2 Å². The van der Waals surface area contributed by atoms with Crippen molar-refractivity contribution in [2.45, 2.75) is 46.1 Å². The monoisotopic (exact) mass is 441 g/mol. The number of carbonyl (C=O) groups excluding carboxylic acids is 1. The lowest BCUT2D eigenvalue weighted by atomic mass is 10.1. The van der Waals surface area contributed by atoms with Crippen molar-refractivity contribution >= 4 is 23.8 Å². The molecule has 0 fully saturated rings. The Bertz CT molecular complexity index is 610. The summed E-state index contributed by atoms with van der Waals surface area (Å²) in [5.41, 5.74) is 0.862. The highest BCUT2D eigenvalue weighted by Gasteiger charge is 2.18. The second-order valence-corrected chi connectivity index (χ2v) is 7.86. The first-order valence-electron chi connectivity index (χ1n) is 10.6. The van der Waals surface area contributed by atoms with Crippen molar-refractivity contribution < 1.29 is 28.9 Å². The topological polar surface area (TPSA) is 85.3 Å². The molecule has 1 N–H and O–H groups in total. The van der Waals surface area contributed by atoms with Gasteiger partial charge in [-0.2, -0.15) is 11.8 Å². The summed E-state index contributed by atoms with van der Waals surface area (Å²) in [7, 11) is 0. The first-order chi connectivity index (χ1) is 14.5. The van der Waals surface area contributed by atoms with Crippen LogP contribution in [0.4, 0.5) is 4.79 Å². The zero-order valence-corrected chi connectivity index (χ0v) is 19.1. The summed E-state index contributed by atoms with van der Waals surface area (Å²) in [6.07, 6.45) is 1.49. The standard InChI is InChI=1S/C22H35NO6S/c1-4-7-15-30-16-13-23(22(26)28-6-3)12-14-29-19-10-8-18(9-11-19)17-20(21(24)25)27-5-2/h8-11,20H,4-7,12-17H2,1-3H3,(H,24,25). The summed E-state index contributed by atoms with van der Waals surface area (Å²) in [5, 5.41) is 9.18. The van der Waals surface area contributed by atoms with Crippen molar-refractivity contribution in [2.24, 2.45) is 0 Å². The fraction of sp³-hybridized carbons (Fsp3) is 0.636. The summed E-state index contributed by atoms with van der Waals surface area (Å²) in [5.74, 6) is 1.67. The molecule has 0 aliphatic carbocycles. The van der Waals surface area contributed by atoms with E-state index in [1.807, 2.05) is 23.9 Å². The number of carboxylic acids is 1. The van der Waals surface area contributed by atoms with E-state index in [2.05, 4.69) is 6.92 Å². The molecule has 0 saturated heterocycles. The van der Waals surface area contributed by atoms with E-state index in [1.54, 1.807) is 30.9 Å². The number of carboxylic acid groups (broad SMARTS) is 1. The van der Waals surface area contributed by atoms with Crippen LogP contribution < -0.4 is 4.74 Å². The van der Waals surface area contributed by atoms with Gasteiger partial charge in [0.15, 0.2) is 6.10 Å². The maximum atomic E-state index is 12.1. The highest BCUT2D eigenvalue weighted by molar-refractivity contribution is 7.99. The molecule has 1 unspecified atom stereocenters. The van der Waals surface area contributed by atoms with Crippen LogP contribution in [0.25, 0.3) is 0 Å². The quantitative estimate of drug-likeness (QED) is 0.387. The lowest BCUT2D eigenvalue weighted by Crippen LogP contribution is -2.36. The average Bonchev–Trinajstić information content (AvgIpc) is 2.73. The van der Waals surface area contributed by atoms with E-state index >= 15 is 0 Å². The lowest BCUT2D eigenvalue weighted by Gasteiger charge is -2.22. The molecule has 0 aromatic heterocycles. The normalized spacial score (nSPS) is 11.7. The molecule has 0 spiro atoms. The largest absolute Gasteiger partial charge is 0.492 e. The summed E-state index contributed by atoms with van der Waals surface area (Å²) < 4.78 is 16.1. The Morgan fingerprint density at radius 3 is 2.40 bits per heavy atom. The highest BCUT2D eigenvalue weighted by Crippen LogP contribution is 2.15. The van der Waals surface area contributed by atoms with Gasteiger partial charge >= 0.3 is 12.1 Å². The number of carbonyl (C=O) groups is 2. The molecule has 1 rings (SSSR count). The van der Waals surface area contributed by atoms with E-state index in [-0.39, 0.29) is 6.09 Å². The molecule has 170 valence electrons. The van der Waals surface area contributed by atoms with Gasteiger partial charge in [-0.25, -0.2) is 9.59 Å². The molecule has 0 aliphatic rings.